The van der Waals surface area contributed by atoms with E-state index in [0.717, 1.165) is 12.8 Å². The lowest BCUT2D eigenvalue weighted by atomic mass is 10.2. The third-order valence-electron chi connectivity index (χ3n) is 4.20. The number of carbonyl (C=O) groups is 1. The second kappa shape index (κ2) is 8.21. The number of amides is 1. The van der Waals surface area contributed by atoms with E-state index >= 15 is 0 Å². The minimum Gasteiger partial charge on any atom is -0.322 e. The average Bonchev–Trinajstić information content (AvgIpc) is 3.18. The van der Waals surface area contributed by atoms with Crippen molar-refractivity contribution in [3.63, 3.8) is 0 Å². The van der Waals surface area contributed by atoms with Crippen molar-refractivity contribution in [3.8, 4) is 0 Å². The summed E-state index contributed by atoms with van der Waals surface area (Å²) < 4.78 is 40.4. The van der Waals surface area contributed by atoms with Gasteiger partial charge in [-0.25, -0.2) is 12.8 Å². The number of nitrogens with zero attached hydrogens (tertiary/aromatic N) is 1. The molecule has 0 saturated carbocycles. The van der Waals surface area contributed by atoms with Gasteiger partial charge in [0, 0.05) is 30.4 Å². The first kappa shape index (κ1) is 19.5. The van der Waals surface area contributed by atoms with E-state index < -0.39 is 21.7 Å². The van der Waals surface area contributed by atoms with E-state index in [9.17, 15) is 17.6 Å². The molecule has 1 aliphatic rings. The molecule has 2 aromatic rings. The van der Waals surface area contributed by atoms with Crippen LogP contribution in [0.25, 0.3) is 6.08 Å². The van der Waals surface area contributed by atoms with Gasteiger partial charge in [-0.05, 0) is 43.2 Å². The Balaban J connectivity index is 1.78. The van der Waals surface area contributed by atoms with E-state index in [1.165, 1.54) is 40.7 Å². The smallest absolute Gasteiger partial charge is 0.248 e. The van der Waals surface area contributed by atoms with Crippen molar-refractivity contribution in [3.05, 3.63) is 64.9 Å². The van der Waals surface area contributed by atoms with Crippen molar-refractivity contribution in [2.24, 2.45) is 0 Å². The molecule has 5 nitrogen and oxygen atoms in total. The summed E-state index contributed by atoms with van der Waals surface area (Å²) in [5, 5.41) is 2.67. The maximum atomic E-state index is 13.6. The molecular formula is C19H18ClFN2O3S. The lowest BCUT2D eigenvalue weighted by Gasteiger charge is -2.17. The Bertz CT molecular complexity index is 986. The fourth-order valence-electron chi connectivity index (χ4n) is 2.81. The molecule has 1 aliphatic heterocycles. The monoisotopic (exact) mass is 408 g/mol. The Morgan fingerprint density at radius 1 is 1.15 bits per heavy atom. The van der Waals surface area contributed by atoms with E-state index in [2.05, 4.69) is 5.32 Å². The molecule has 27 heavy (non-hydrogen) atoms. The molecule has 0 spiro atoms. The summed E-state index contributed by atoms with van der Waals surface area (Å²) in [6.07, 6.45) is 4.16. The average molecular weight is 409 g/mol. The molecule has 8 heteroatoms. The lowest BCUT2D eigenvalue weighted by molar-refractivity contribution is -0.111. The van der Waals surface area contributed by atoms with Crippen LogP contribution in [0.2, 0.25) is 5.02 Å². The minimum atomic E-state index is -3.71. The van der Waals surface area contributed by atoms with Gasteiger partial charge in [-0.15, -0.1) is 0 Å². The lowest BCUT2D eigenvalue weighted by Crippen LogP contribution is -2.28. The van der Waals surface area contributed by atoms with Gasteiger partial charge in [0.05, 0.1) is 5.02 Å². The zero-order valence-corrected chi connectivity index (χ0v) is 15.9. The summed E-state index contributed by atoms with van der Waals surface area (Å²) in [6.45, 7) is 0.918. The molecule has 0 atom stereocenters. The molecular weight excluding hydrogens is 391 g/mol. The molecule has 0 radical (unpaired) electrons. The number of carbonyl (C=O) groups excluding carboxylic acids is 1. The van der Waals surface area contributed by atoms with E-state index in [0.29, 0.717) is 18.8 Å². The van der Waals surface area contributed by atoms with Crippen LogP contribution in [-0.2, 0) is 14.8 Å². The number of sulfonamides is 1. The van der Waals surface area contributed by atoms with Crippen LogP contribution in [0.1, 0.15) is 18.4 Å². The molecule has 1 heterocycles. The van der Waals surface area contributed by atoms with Crippen molar-refractivity contribution in [2.45, 2.75) is 17.7 Å². The van der Waals surface area contributed by atoms with Crippen molar-refractivity contribution >= 4 is 39.3 Å². The standard InChI is InChI=1S/C19H18ClFN2O3S/c20-16-9-8-15(13-18(16)27(25,26)23-11-3-4-12-23)22-19(24)10-7-14-5-1-2-6-17(14)21/h1-2,5-10,13H,3-4,11-12H2,(H,22,24)/b10-7+. The number of anilines is 1. The SMILES string of the molecule is O=C(/C=C/c1ccccc1F)Nc1ccc(Cl)c(S(=O)(=O)N2CCCC2)c1. The summed E-state index contributed by atoms with van der Waals surface area (Å²) in [5.41, 5.74) is 0.571. The molecule has 0 bridgehead atoms. The van der Waals surface area contributed by atoms with Crippen molar-refractivity contribution < 1.29 is 17.6 Å². The van der Waals surface area contributed by atoms with Crippen molar-refractivity contribution in [1.82, 2.24) is 4.31 Å². The number of rotatable bonds is 5. The highest BCUT2D eigenvalue weighted by atomic mass is 35.5. The summed E-state index contributed by atoms with van der Waals surface area (Å²) in [7, 11) is -3.71. The summed E-state index contributed by atoms with van der Waals surface area (Å²) in [4.78, 5) is 12.0. The number of hydrogen-bond donors (Lipinski definition) is 1. The van der Waals surface area contributed by atoms with Gasteiger partial charge in [0.1, 0.15) is 10.7 Å². The molecule has 1 fully saturated rings. The van der Waals surface area contributed by atoms with Crippen molar-refractivity contribution in [2.75, 3.05) is 18.4 Å². The highest BCUT2D eigenvalue weighted by Crippen LogP contribution is 2.29. The molecule has 2 aromatic carbocycles. The first-order valence-corrected chi connectivity index (χ1v) is 10.2. The highest BCUT2D eigenvalue weighted by Gasteiger charge is 2.29. The van der Waals surface area contributed by atoms with Gasteiger partial charge in [0.2, 0.25) is 15.9 Å². The van der Waals surface area contributed by atoms with Crippen molar-refractivity contribution in [1.29, 1.82) is 0 Å². The van der Waals surface area contributed by atoms with Crippen LogP contribution in [0.4, 0.5) is 10.1 Å². The molecule has 0 aliphatic carbocycles. The maximum Gasteiger partial charge on any atom is 0.248 e. The Labute approximate surface area is 162 Å². The number of nitrogens with one attached hydrogen (secondary N) is 1. The second-order valence-electron chi connectivity index (χ2n) is 6.10. The quantitative estimate of drug-likeness (QED) is 0.762. The fourth-order valence-corrected chi connectivity index (χ4v) is 4.82. The summed E-state index contributed by atoms with van der Waals surface area (Å²) >= 11 is 6.08. The van der Waals surface area contributed by atoms with Crippen LogP contribution in [0.5, 0.6) is 0 Å². The third kappa shape index (κ3) is 4.55. The number of halogens is 2. The highest BCUT2D eigenvalue weighted by molar-refractivity contribution is 7.89. The van der Waals surface area contributed by atoms with Gasteiger partial charge in [0.25, 0.3) is 0 Å². The van der Waals surface area contributed by atoms with Crippen LogP contribution in [0.15, 0.2) is 53.4 Å². The molecule has 3 rings (SSSR count). The predicted molar refractivity (Wildman–Crippen MR) is 104 cm³/mol. The third-order valence-corrected chi connectivity index (χ3v) is 6.58. The Hall–Kier alpha value is -2.22. The Morgan fingerprint density at radius 2 is 1.85 bits per heavy atom. The van der Waals surface area contributed by atoms with Crippen LogP contribution < -0.4 is 5.32 Å². The van der Waals surface area contributed by atoms with E-state index in [4.69, 9.17) is 11.6 Å². The fraction of sp³-hybridized carbons (Fsp3) is 0.211. The Kier molecular flexibility index (Phi) is 5.94. The minimum absolute atomic E-state index is 0.0399. The first-order valence-electron chi connectivity index (χ1n) is 8.41. The summed E-state index contributed by atoms with van der Waals surface area (Å²) in [5.74, 6) is -0.947. The number of hydrogen-bond acceptors (Lipinski definition) is 3. The van der Waals surface area contributed by atoms with E-state index in [1.807, 2.05) is 0 Å². The number of benzene rings is 2. The van der Waals surface area contributed by atoms with Gasteiger partial charge < -0.3 is 5.32 Å². The zero-order chi connectivity index (χ0) is 19.4. The Morgan fingerprint density at radius 3 is 2.56 bits per heavy atom. The van der Waals surface area contributed by atoms with Gasteiger partial charge in [0.15, 0.2) is 0 Å². The predicted octanol–water partition coefficient (Wildman–Crippen LogP) is 3.92. The molecule has 142 valence electrons. The summed E-state index contributed by atoms with van der Waals surface area (Å²) in [6, 6.07) is 10.3. The van der Waals surface area contributed by atoms with Gasteiger partial charge in [-0.3, -0.25) is 4.79 Å². The molecule has 0 unspecified atom stereocenters. The molecule has 0 aromatic heterocycles. The molecule has 1 amide bonds. The topological polar surface area (TPSA) is 66.5 Å². The van der Waals surface area contributed by atoms with Crippen LogP contribution in [0.3, 0.4) is 0 Å². The largest absolute Gasteiger partial charge is 0.322 e. The van der Waals surface area contributed by atoms with Gasteiger partial charge in [-0.2, -0.15) is 4.31 Å². The molecule has 1 saturated heterocycles. The van der Waals surface area contributed by atoms with E-state index in [-0.39, 0.29) is 15.5 Å². The van der Waals surface area contributed by atoms with Gasteiger partial charge >= 0.3 is 0 Å². The van der Waals surface area contributed by atoms with Gasteiger partial charge in [-0.1, -0.05) is 29.8 Å². The van der Waals surface area contributed by atoms with Crippen LogP contribution >= 0.6 is 11.6 Å². The second-order valence-corrected chi connectivity index (χ2v) is 8.41. The zero-order valence-electron chi connectivity index (χ0n) is 14.4. The van der Waals surface area contributed by atoms with Crippen LogP contribution in [0, 0.1) is 5.82 Å². The van der Waals surface area contributed by atoms with E-state index in [1.54, 1.807) is 18.2 Å². The van der Waals surface area contributed by atoms with Crippen LogP contribution in [-0.4, -0.2) is 31.7 Å². The molecule has 1 N–H and O–H groups in total. The first-order chi connectivity index (χ1) is 12.9. The normalized spacial score (nSPS) is 15.3. The maximum absolute atomic E-state index is 13.6.